The second-order valence-electron chi connectivity index (χ2n) is 5.71. The summed E-state index contributed by atoms with van der Waals surface area (Å²) < 4.78 is 15.8. The van der Waals surface area contributed by atoms with Crippen molar-refractivity contribution in [2.75, 3.05) is 13.7 Å². The molecule has 2 rings (SSSR count). The van der Waals surface area contributed by atoms with E-state index >= 15 is 0 Å². The Labute approximate surface area is 147 Å². The first kappa shape index (κ1) is 18.6. The number of methoxy groups -OCH3 is 1. The predicted molar refractivity (Wildman–Crippen MR) is 94.4 cm³/mol. The van der Waals surface area contributed by atoms with Crippen molar-refractivity contribution in [1.82, 2.24) is 5.32 Å². The zero-order valence-electron chi connectivity index (χ0n) is 14.5. The van der Waals surface area contributed by atoms with Crippen molar-refractivity contribution in [3.05, 3.63) is 42.5 Å². The van der Waals surface area contributed by atoms with E-state index in [9.17, 15) is 9.59 Å². The van der Waals surface area contributed by atoms with Crippen LogP contribution in [0.2, 0.25) is 0 Å². The molecule has 6 nitrogen and oxygen atoms in total. The molecule has 0 heterocycles. The largest absolute Gasteiger partial charge is 0.493 e. The third-order valence-corrected chi connectivity index (χ3v) is 3.54. The van der Waals surface area contributed by atoms with Gasteiger partial charge in [0.25, 0.3) is 5.91 Å². The van der Waals surface area contributed by atoms with Crippen LogP contribution in [0.25, 0.3) is 6.08 Å². The molecule has 1 aromatic rings. The molecular weight excluding hydrogens is 322 g/mol. The van der Waals surface area contributed by atoms with Gasteiger partial charge in [-0.05, 0) is 43.5 Å². The number of amides is 1. The number of ether oxygens (including phenoxy) is 3. The van der Waals surface area contributed by atoms with Gasteiger partial charge in [-0.2, -0.15) is 0 Å². The molecule has 1 aliphatic rings. The molecular formula is C19H23NO5. The molecule has 25 heavy (non-hydrogen) atoms. The summed E-state index contributed by atoms with van der Waals surface area (Å²) in [6.45, 7) is 5.52. The SMILES string of the molecule is C=CCOc1ccc(/C=C/C(=O)O[C@@H](C)C(=O)NC2CC2)cc1OC. The minimum Gasteiger partial charge on any atom is -0.493 e. The van der Waals surface area contributed by atoms with Gasteiger partial charge in [0.05, 0.1) is 7.11 Å². The molecule has 1 aromatic carbocycles. The van der Waals surface area contributed by atoms with Crippen LogP contribution in [-0.4, -0.2) is 37.7 Å². The van der Waals surface area contributed by atoms with Gasteiger partial charge in [0.15, 0.2) is 17.6 Å². The second kappa shape index (κ2) is 8.92. The Morgan fingerprint density at radius 3 is 2.76 bits per heavy atom. The lowest BCUT2D eigenvalue weighted by Gasteiger charge is -2.11. The van der Waals surface area contributed by atoms with Crippen LogP contribution in [0.3, 0.4) is 0 Å². The van der Waals surface area contributed by atoms with Gasteiger partial charge in [-0.15, -0.1) is 0 Å². The molecule has 0 bridgehead atoms. The highest BCUT2D eigenvalue weighted by molar-refractivity contribution is 5.90. The predicted octanol–water partition coefficient (Wildman–Crippen LogP) is 2.48. The molecule has 0 spiro atoms. The Bertz CT molecular complexity index is 664. The van der Waals surface area contributed by atoms with E-state index in [1.54, 1.807) is 37.3 Å². The fourth-order valence-electron chi connectivity index (χ4n) is 2.03. The summed E-state index contributed by atoms with van der Waals surface area (Å²) in [6, 6.07) is 5.51. The standard InChI is InChI=1S/C19H23NO5/c1-4-11-24-16-9-5-14(12-17(16)23-3)6-10-18(21)25-13(2)19(22)20-15-7-8-15/h4-6,9-10,12-13,15H,1,7-8,11H2,2-3H3,(H,20,22)/b10-6+/t13-/m0/s1. The van der Waals surface area contributed by atoms with Crippen molar-refractivity contribution in [3.8, 4) is 11.5 Å². The summed E-state index contributed by atoms with van der Waals surface area (Å²) in [7, 11) is 1.54. The highest BCUT2D eigenvalue weighted by Gasteiger charge is 2.26. The van der Waals surface area contributed by atoms with E-state index in [1.807, 2.05) is 0 Å². The van der Waals surface area contributed by atoms with Crippen molar-refractivity contribution < 1.29 is 23.8 Å². The Kier molecular flexibility index (Phi) is 6.62. The Morgan fingerprint density at radius 1 is 1.36 bits per heavy atom. The number of benzene rings is 1. The van der Waals surface area contributed by atoms with Crippen molar-refractivity contribution in [1.29, 1.82) is 0 Å². The normalized spacial score (nSPS) is 14.6. The van der Waals surface area contributed by atoms with Gasteiger partial charge >= 0.3 is 5.97 Å². The van der Waals surface area contributed by atoms with Gasteiger partial charge in [0.2, 0.25) is 0 Å². The highest BCUT2D eigenvalue weighted by Crippen LogP contribution is 2.28. The third-order valence-electron chi connectivity index (χ3n) is 3.54. The molecule has 1 aliphatic carbocycles. The van der Waals surface area contributed by atoms with E-state index in [2.05, 4.69) is 11.9 Å². The van der Waals surface area contributed by atoms with Gasteiger partial charge < -0.3 is 19.5 Å². The number of rotatable bonds is 9. The van der Waals surface area contributed by atoms with Crippen molar-refractivity contribution in [2.24, 2.45) is 0 Å². The zero-order chi connectivity index (χ0) is 18.2. The van der Waals surface area contributed by atoms with Crippen LogP contribution >= 0.6 is 0 Å². The van der Waals surface area contributed by atoms with Crippen molar-refractivity contribution >= 4 is 18.0 Å². The van der Waals surface area contributed by atoms with Crippen LogP contribution in [0.1, 0.15) is 25.3 Å². The summed E-state index contributed by atoms with van der Waals surface area (Å²) in [5, 5.41) is 2.79. The number of esters is 1. The van der Waals surface area contributed by atoms with Crippen molar-refractivity contribution in [2.45, 2.75) is 31.9 Å². The number of hydrogen-bond acceptors (Lipinski definition) is 5. The lowest BCUT2D eigenvalue weighted by molar-refractivity contribution is -0.150. The average Bonchev–Trinajstić information content (AvgIpc) is 3.42. The maximum Gasteiger partial charge on any atom is 0.331 e. The summed E-state index contributed by atoms with van der Waals surface area (Å²) in [5.41, 5.74) is 0.745. The molecule has 0 aliphatic heterocycles. The maximum absolute atomic E-state index is 11.8. The molecule has 1 saturated carbocycles. The van der Waals surface area contributed by atoms with Crippen LogP contribution in [-0.2, 0) is 14.3 Å². The first-order valence-corrected chi connectivity index (χ1v) is 8.14. The lowest BCUT2D eigenvalue weighted by Crippen LogP contribution is -2.36. The minimum atomic E-state index is -0.818. The van der Waals surface area contributed by atoms with E-state index in [-0.39, 0.29) is 11.9 Å². The first-order valence-electron chi connectivity index (χ1n) is 8.14. The zero-order valence-corrected chi connectivity index (χ0v) is 14.5. The van der Waals surface area contributed by atoms with Gasteiger partial charge in [-0.3, -0.25) is 4.79 Å². The summed E-state index contributed by atoms with van der Waals surface area (Å²) in [5.74, 6) is 0.293. The molecule has 0 saturated heterocycles. The summed E-state index contributed by atoms with van der Waals surface area (Å²) >= 11 is 0. The number of hydrogen-bond donors (Lipinski definition) is 1. The van der Waals surface area contributed by atoms with Gasteiger partial charge in [-0.25, -0.2) is 4.79 Å². The average molecular weight is 345 g/mol. The molecule has 1 amide bonds. The Balaban J connectivity index is 1.91. The fourth-order valence-corrected chi connectivity index (χ4v) is 2.03. The molecule has 1 fully saturated rings. The van der Waals surface area contributed by atoms with Crippen LogP contribution in [0.5, 0.6) is 11.5 Å². The van der Waals surface area contributed by atoms with Crippen LogP contribution in [0.15, 0.2) is 36.9 Å². The van der Waals surface area contributed by atoms with Gasteiger partial charge in [-0.1, -0.05) is 18.7 Å². The topological polar surface area (TPSA) is 73.9 Å². The Hall–Kier alpha value is -2.76. The second-order valence-corrected chi connectivity index (χ2v) is 5.71. The molecule has 6 heteroatoms. The molecule has 134 valence electrons. The first-order chi connectivity index (χ1) is 12.0. The quantitative estimate of drug-likeness (QED) is 0.423. The Morgan fingerprint density at radius 2 is 2.12 bits per heavy atom. The number of carbonyl (C=O) groups excluding carboxylic acids is 2. The van der Waals surface area contributed by atoms with E-state index in [0.717, 1.165) is 18.4 Å². The monoisotopic (exact) mass is 345 g/mol. The third kappa shape index (κ3) is 5.99. The summed E-state index contributed by atoms with van der Waals surface area (Å²) in [4.78, 5) is 23.6. The maximum atomic E-state index is 11.8. The molecule has 1 atom stereocenters. The smallest absolute Gasteiger partial charge is 0.331 e. The number of nitrogens with one attached hydrogen (secondary N) is 1. The molecule has 0 radical (unpaired) electrons. The van der Waals surface area contributed by atoms with E-state index in [1.165, 1.54) is 13.2 Å². The van der Waals surface area contributed by atoms with Crippen LogP contribution in [0, 0.1) is 0 Å². The molecule has 0 unspecified atom stereocenters. The van der Waals surface area contributed by atoms with E-state index in [4.69, 9.17) is 14.2 Å². The van der Waals surface area contributed by atoms with Gasteiger partial charge in [0.1, 0.15) is 6.61 Å². The highest BCUT2D eigenvalue weighted by atomic mass is 16.5. The molecule has 1 N–H and O–H groups in total. The van der Waals surface area contributed by atoms with Crippen LogP contribution in [0.4, 0.5) is 0 Å². The minimum absolute atomic E-state index is 0.235. The van der Waals surface area contributed by atoms with E-state index < -0.39 is 12.1 Å². The fraction of sp³-hybridized carbons (Fsp3) is 0.368. The molecule has 0 aromatic heterocycles. The lowest BCUT2D eigenvalue weighted by atomic mass is 10.2. The van der Waals surface area contributed by atoms with E-state index in [0.29, 0.717) is 18.1 Å². The number of carbonyl (C=O) groups is 2. The van der Waals surface area contributed by atoms with Crippen LogP contribution < -0.4 is 14.8 Å². The summed E-state index contributed by atoms with van der Waals surface area (Å²) in [6.07, 6.45) is 5.67. The van der Waals surface area contributed by atoms with Gasteiger partial charge in [0, 0.05) is 12.1 Å². The van der Waals surface area contributed by atoms with Crippen molar-refractivity contribution in [3.63, 3.8) is 0 Å².